The fourth-order valence-electron chi connectivity index (χ4n) is 1.34. The summed E-state index contributed by atoms with van der Waals surface area (Å²) in [6, 6.07) is 4.91. The molecule has 84 valence electrons. The van der Waals surface area contributed by atoms with Crippen LogP contribution in [0.1, 0.15) is 16.6 Å². The molecule has 1 heterocycles. The Bertz CT molecular complexity index is 511. The van der Waals surface area contributed by atoms with Gasteiger partial charge in [0, 0.05) is 8.27 Å². The summed E-state index contributed by atoms with van der Waals surface area (Å²) in [6.45, 7) is 2.10. The lowest BCUT2D eigenvalue weighted by atomic mass is 10.2. The zero-order valence-corrected chi connectivity index (χ0v) is 11.4. The summed E-state index contributed by atoms with van der Waals surface area (Å²) >= 11 is 3.18. The highest BCUT2D eigenvalue weighted by Gasteiger charge is 2.12. The van der Waals surface area contributed by atoms with Crippen LogP contribution in [0.5, 0.6) is 0 Å². The molecule has 5 heteroatoms. The number of carbonyl (C=O) groups is 1. The second-order valence-corrected chi connectivity index (χ2v) is 5.38. The Morgan fingerprint density at radius 2 is 2.25 bits per heavy atom. The van der Waals surface area contributed by atoms with Gasteiger partial charge in [-0.25, -0.2) is 9.18 Å². The molecule has 16 heavy (non-hydrogen) atoms. The molecule has 1 aromatic carbocycles. The molecular weight excluding hydrogens is 342 g/mol. The first-order chi connectivity index (χ1) is 7.61. The van der Waals surface area contributed by atoms with Crippen LogP contribution < -0.4 is 0 Å². The van der Waals surface area contributed by atoms with Gasteiger partial charge in [0.2, 0.25) is 0 Å². The van der Waals surface area contributed by atoms with Gasteiger partial charge in [-0.2, -0.15) is 0 Å². The van der Waals surface area contributed by atoms with Crippen molar-refractivity contribution in [3.63, 3.8) is 0 Å². The van der Waals surface area contributed by atoms with Crippen molar-refractivity contribution in [2.45, 2.75) is 6.92 Å². The van der Waals surface area contributed by atoms with E-state index in [1.54, 1.807) is 19.1 Å². The highest BCUT2D eigenvalue weighted by atomic mass is 127. The molecule has 0 spiro atoms. The number of carbonyl (C=O) groups excluding carboxylic acids is 1. The first-order valence-corrected chi connectivity index (χ1v) is 6.57. The van der Waals surface area contributed by atoms with E-state index in [1.165, 1.54) is 17.4 Å². The maximum atomic E-state index is 13.3. The van der Waals surface area contributed by atoms with E-state index in [2.05, 4.69) is 0 Å². The van der Waals surface area contributed by atoms with Gasteiger partial charge in [0.1, 0.15) is 10.7 Å². The molecule has 0 saturated heterocycles. The van der Waals surface area contributed by atoms with Crippen molar-refractivity contribution in [3.8, 4) is 0 Å². The molecule has 0 aliphatic rings. The first kappa shape index (κ1) is 11.8. The number of hydrogen-bond donors (Lipinski definition) is 0. The largest absolute Gasteiger partial charge is 0.462 e. The van der Waals surface area contributed by atoms with Gasteiger partial charge in [0.25, 0.3) is 0 Å². The normalized spacial score (nSPS) is 10.7. The van der Waals surface area contributed by atoms with Crippen molar-refractivity contribution in [3.05, 3.63) is 32.5 Å². The van der Waals surface area contributed by atoms with Gasteiger partial charge < -0.3 is 4.74 Å². The van der Waals surface area contributed by atoms with Gasteiger partial charge in [-0.05, 0) is 53.1 Å². The minimum atomic E-state index is -0.348. The average molecular weight is 350 g/mol. The Morgan fingerprint density at radius 3 is 2.94 bits per heavy atom. The van der Waals surface area contributed by atoms with Gasteiger partial charge in [-0.15, -0.1) is 11.3 Å². The summed E-state index contributed by atoms with van der Waals surface area (Å²) in [7, 11) is 0. The summed E-state index contributed by atoms with van der Waals surface area (Å²) in [5.41, 5.74) is 0. The Hall–Kier alpha value is -0.690. The van der Waals surface area contributed by atoms with Crippen LogP contribution in [-0.2, 0) is 4.74 Å². The number of rotatable bonds is 2. The predicted octanol–water partition coefficient (Wildman–Crippen LogP) is 3.82. The number of halogens is 2. The number of thiophene rings is 1. The summed E-state index contributed by atoms with van der Waals surface area (Å²) in [5.74, 6) is -0.607. The molecule has 0 amide bonds. The summed E-state index contributed by atoms with van der Waals surface area (Å²) in [4.78, 5) is 12.0. The molecule has 0 N–H and O–H groups in total. The van der Waals surface area contributed by atoms with Gasteiger partial charge in [-0.1, -0.05) is 0 Å². The lowest BCUT2D eigenvalue weighted by Crippen LogP contribution is -2.01. The summed E-state index contributed by atoms with van der Waals surface area (Å²) in [6.07, 6.45) is 0. The van der Waals surface area contributed by atoms with Crippen molar-refractivity contribution in [2.24, 2.45) is 0 Å². The lowest BCUT2D eigenvalue weighted by Gasteiger charge is -1.95. The molecule has 0 fully saturated rings. The van der Waals surface area contributed by atoms with Crippen LogP contribution in [-0.4, -0.2) is 12.6 Å². The van der Waals surface area contributed by atoms with E-state index in [9.17, 15) is 9.18 Å². The molecule has 0 bridgehead atoms. The van der Waals surface area contributed by atoms with Crippen LogP contribution in [0, 0.1) is 9.39 Å². The topological polar surface area (TPSA) is 26.3 Å². The molecule has 0 unspecified atom stereocenters. The SMILES string of the molecule is CCOC(=O)c1cc2cc(I)c(F)cc2s1. The number of esters is 1. The van der Waals surface area contributed by atoms with Crippen molar-refractivity contribution < 1.29 is 13.9 Å². The predicted molar refractivity (Wildman–Crippen MR) is 70.5 cm³/mol. The highest BCUT2D eigenvalue weighted by molar-refractivity contribution is 14.1. The second-order valence-electron chi connectivity index (χ2n) is 3.14. The molecule has 0 aliphatic heterocycles. The molecule has 1 aromatic heterocycles. The van der Waals surface area contributed by atoms with Gasteiger partial charge in [0.05, 0.1) is 6.61 Å². The maximum Gasteiger partial charge on any atom is 0.348 e. The van der Waals surface area contributed by atoms with E-state index < -0.39 is 0 Å². The Morgan fingerprint density at radius 1 is 1.50 bits per heavy atom. The standard InChI is InChI=1S/C11H8FIO2S/c1-2-15-11(14)10-4-6-3-8(13)7(12)5-9(6)16-10/h3-5H,2H2,1H3. The summed E-state index contributed by atoms with van der Waals surface area (Å²) < 4.78 is 19.5. The van der Waals surface area contributed by atoms with Crippen molar-refractivity contribution in [2.75, 3.05) is 6.61 Å². The number of hydrogen-bond acceptors (Lipinski definition) is 3. The molecule has 0 saturated carbocycles. The molecule has 0 radical (unpaired) electrons. The fourth-order valence-corrected chi connectivity index (χ4v) is 2.79. The van der Waals surface area contributed by atoms with Gasteiger partial charge in [-0.3, -0.25) is 0 Å². The van der Waals surface area contributed by atoms with E-state index in [-0.39, 0.29) is 11.8 Å². The zero-order valence-electron chi connectivity index (χ0n) is 8.42. The minimum Gasteiger partial charge on any atom is -0.462 e. The smallest absolute Gasteiger partial charge is 0.348 e. The van der Waals surface area contributed by atoms with Crippen molar-refractivity contribution in [1.82, 2.24) is 0 Å². The monoisotopic (exact) mass is 350 g/mol. The molecule has 0 aliphatic carbocycles. The number of benzene rings is 1. The maximum absolute atomic E-state index is 13.3. The average Bonchev–Trinajstić information content (AvgIpc) is 2.62. The molecule has 2 nitrogen and oxygen atoms in total. The van der Waals surface area contributed by atoms with Crippen molar-refractivity contribution >= 4 is 50.0 Å². The minimum absolute atomic E-state index is 0.259. The van der Waals surface area contributed by atoms with Crippen molar-refractivity contribution in [1.29, 1.82) is 0 Å². The van der Waals surface area contributed by atoms with Gasteiger partial charge in [0.15, 0.2) is 0 Å². The quantitative estimate of drug-likeness (QED) is 0.608. The summed E-state index contributed by atoms with van der Waals surface area (Å²) in [5, 5.41) is 0.874. The van der Waals surface area contributed by atoms with Crippen LogP contribution >= 0.6 is 33.9 Å². The van der Waals surface area contributed by atoms with Crippen LogP contribution in [0.3, 0.4) is 0 Å². The first-order valence-electron chi connectivity index (χ1n) is 4.67. The van der Waals surface area contributed by atoms with E-state index >= 15 is 0 Å². The number of fused-ring (bicyclic) bond motifs is 1. The van der Waals surface area contributed by atoms with E-state index in [0.29, 0.717) is 15.1 Å². The van der Waals surface area contributed by atoms with E-state index in [0.717, 1.165) is 10.1 Å². The van der Waals surface area contributed by atoms with Gasteiger partial charge >= 0.3 is 5.97 Å². The molecular formula is C11H8FIO2S. The van der Waals surface area contributed by atoms with E-state index in [1.807, 2.05) is 22.6 Å². The van der Waals surface area contributed by atoms with Crippen LogP contribution in [0.15, 0.2) is 18.2 Å². The third kappa shape index (κ3) is 2.20. The molecule has 0 atom stereocenters. The zero-order chi connectivity index (χ0) is 11.7. The third-order valence-corrected chi connectivity index (χ3v) is 3.94. The second kappa shape index (κ2) is 4.67. The Labute approximate surface area is 110 Å². The Kier molecular flexibility index (Phi) is 3.44. The molecule has 2 aromatic rings. The van der Waals surface area contributed by atoms with Crippen LogP contribution in [0.4, 0.5) is 4.39 Å². The van der Waals surface area contributed by atoms with Crippen LogP contribution in [0.2, 0.25) is 0 Å². The third-order valence-electron chi connectivity index (χ3n) is 2.04. The van der Waals surface area contributed by atoms with E-state index in [4.69, 9.17) is 4.74 Å². The lowest BCUT2D eigenvalue weighted by molar-refractivity contribution is 0.0532. The Balaban J connectivity index is 2.48. The van der Waals surface area contributed by atoms with Crippen LogP contribution in [0.25, 0.3) is 10.1 Å². The highest BCUT2D eigenvalue weighted by Crippen LogP contribution is 2.29. The molecule has 2 rings (SSSR count). The number of ether oxygens (including phenoxy) is 1. The fraction of sp³-hybridized carbons (Fsp3) is 0.182.